The largest absolute Gasteiger partial charge is 0.444 e. The molecule has 1 fully saturated rings. The van der Waals surface area contributed by atoms with Gasteiger partial charge in [0.2, 0.25) is 0 Å². The van der Waals surface area contributed by atoms with E-state index < -0.39 is 5.60 Å². The van der Waals surface area contributed by atoms with Crippen LogP contribution in [0, 0.1) is 0 Å². The second kappa shape index (κ2) is 8.72. The predicted molar refractivity (Wildman–Crippen MR) is 82.8 cm³/mol. The first-order chi connectivity index (χ1) is 8.97. The summed E-state index contributed by atoms with van der Waals surface area (Å²) in [6.07, 6.45) is 8.84. The fourth-order valence-corrected chi connectivity index (χ4v) is 3.24. The lowest BCUT2D eigenvalue weighted by Gasteiger charge is -2.24. The van der Waals surface area contributed by atoms with Crippen LogP contribution in [0.1, 0.15) is 65.7 Å². The molecule has 0 aliphatic heterocycles. The number of alkyl carbamates (subject to hydrolysis) is 1. The molecule has 1 aliphatic carbocycles. The Labute approximate surface area is 122 Å². The average Bonchev–Trinajstić information content (AvgIpc) is 2.21. The van der Waals surface area contributed by atoms with Gasteiger partial charge in [-0.3, -0.25) is 0 Å². The normalized spacial score (nSPS) is 15.9. The maximum absolute atomic E-state index is 11.4. The zero-order valence-electron chi connectivity index (χ0n) is 12.7. The van der Waals surface area contributed by atoms with E-state index in [0.29, 0.717) is 0 Å². The summed E-state index contributed by atoms with van der Waals surface area (Å²) in [6.45, 7) is 6.37. The summed E-state index contributed by atoms with van der Waals surface area (Å²) in [4.78, 5) is 11.4. The van der Waals surface area contributed by atoms with Crippen LogP contribution in [0.25, 0.3) is 0 Å². The van der Waals surface area contributed by atoms with Crippen LogP contribution in [-0.2, 0) is 4.74 Å². The smallest absolute Gasteiger partial charge is 0.407 e. The van der Waals surface area contributed by atoms with Crippen molar-refractivity contribution >= 4 is 17.9 Å². The molecule has 1 saturated carbocycles. The lowest BCUT2D eigenvalue weighted by molar-refractivity contribution is 0.0527. The quantitative estimate of drug-likeness (QED) is 0.674. The minimum absolute atomic E-state index is 0.298. The number of rotatable bonds is 8. The van der Waals surface area contributed by atoms with Gasteiger partial charge in [-0.05, 0) is 52.2 Å². The van der Waals surface area contributed by atoms with Crippen LogP contribution in [0.3, 0.4) is 0 Å². The van der Waals surface area contributed by atoms with Crippen LogP contribution >= 0.6 is 11.8 Å². The highest BCUT2D eigenvalue weighted by molar-refractivity contribution is 7.99. The molecule has 0 aromatic rings. The molecule has 1 N–H and O–H groups in total. The van der Waals surface area contributed by atoms with Gasteiger partial charge >= 0.3 is 6.09 Å². The van der Waals surface area contributed by atoms with Gasteiger partial charge in [0.05, 0.1) is 0 Å². The highest BCUT2D eigenvalue weighted by atomic mass is 32.2. The van der Waals surface area contributed by atoms with Gasteiger partial charge in [0, 0.05) is 11.8 Å². The Kier molecular flexibility index (Phi) is 7.66. The molecule has 0 aromatic heterocycles. The highest BCUT2D eigenvalue weighted by Gasteiger charge is 2.17. The number of thioether (sulfide) groups is 1. The van der Waals surface area contributed by atoms with E-state index in [-0.39, 0.29) is 6.09 Å². The zero-order chi connectivity index (χ0) is 14.1. The summed E-state index contributed by atoms with van der Waals surface area (Å²) >= 11 is 2.15. The van der Waals surface area contributed by atoms with E-state index in [0.717, 1.165) is 18.2 Å². The number of hydrogen-bond acceptors (Lipinski definition) is 3. The Morgan fingerprint density at radius 2 is 1.89 bits per heavy atom. The van der Waals surface area contributed by atoms with Crippen LogP contribution in [0.4, 0.5) is 4.79 Å². The number of carbonyl (C=O) groups excluding carboxylic acids is 1. The molecular weight excluding hydrogens is 258 g/mol. The Hall–Kier alpha value is -0.380. The van der Waals surface area contributed by atoms with Crippen molar-refractivity contribution in [1.29, 1.82) is 0 Å². The van der Waals surface area contributed by atoms with E-state index in [1.807, 2.05) is 20.8 Å². The maximum Gasteiger partial charge on any atom is 0.407 e. The summed E-state index contributed by atoms with van der Waals surface area (Å²) in [5.74, 6) is 1.31. The van der Waals surface area contributed by atoms with Crippen molar-refractivity contribution in [3.05, 3.63) is 0 Å². The van der Waals surface area contributed by atoms with E-state index in [1.165, 1.54) is 44.3 Å². The van der Waals surface area contributed by atoms with Crippen molar-refractivity contribution in [3.63, 3.8) is 0 Å². The first-order valence-corrected chi connectivity index (χ1v) is 8.61. The molecule has 0 atom stereocenters. The molecule has 19 heavy (non-hydrogen) atoms. The Morgan fingerprint density at radius 1 is 1.21 bits per heavy atom. The van der Waals surface area contributed by atoms with Gasteiger partial charge in [-0.1, -0.05) is 19.3 Å². The molecule has 0 bridgehead atoms. The van der Waals surface area contributed by atoms with E-state index in [4.69, 9.17) is 4.74 Å². The Balaban J connectivity index is 1.81. The molecule has 1 amide bonds. The fraction of sp³-hybridized carbons (Fsp3) is 0.933. The van der Waals surface area contributed by atoms with Gasteiger partial charge in [0.25, 0.3) is 0 Å². The summed E-state index contributed by atoms with van der Waals surface area (Å²) < 4.78 is 5.17. The molecule has 0 unspecified atom stereocenters. The van der Waals surface area contributed by atoms with Crippen molar-refractivity contribution < 1.29 is 9.53 Å². The van der Waals surface area contributed by atoms with Crippen LogP contribution in [-0.4, -0.2) is 29.2 Å². The van der Waals surface area contributed by atoms with Crippen molar-refractivity contribution in [2.75, 3.05) is 12.3 Å². The number of amides is 1. The van der Waals surface area contributed by atoms with Crippen molar-refractivity contribution in [2.24, 2.45) is 0 Å². The average molecular weight is 287 g/mol. The molecule has 0 spiro atoms. The van der Waals surface area contributed by atoms with E-state index >= 15 is 0 Å². The van der Waals surface area contributed by atoms with Crippen molar-refractivity contribution in [1.82, 2.24) is 5.32 Å². The topological polar surface area (TPSA) is 38.3 Å². The SMILES string of the molecule is CC(C)(C)OC(=O)NCCCCCCSC1CCC1. The second-order valence-electron chi connectivity index (χ2n) is 6.27. The minimum atomic E-state index is -0.400. The Bertz CT molecular complexity index is 259. The summed E-state index contributed by atoms with van der Waals surface area (Å²) in [6, 6.07) is 0. The van der Waals surface area contributed by atoms with Crippen LogP contribution in [0.5, 0.6) is 0 Å². The van der Waals surface area contributed by atoms with Gasteiger partial charge < -0.3 is 10.1 Å². The van der Waals surface area contributed by atoms with Gasteiger partial charge in [-0.25, -0.2) is 4.79 Å². The van der Waals surface area contributed by atoms with Crippen molar-refractivity contribution in [2.45, 2.75) is 76.6 Å². The van der Waals surface area contributed by atoms with Gasteiger partial charge in [-0.2, -0.15) is 11.8 Å². The number of hydrogen-bond donors (Lipinski definition) is 1. The monoisotopic (exact) mass is 287 g/mol. The third kappa shape index (κ3) is 9.20. The van der Waals surface area contributed by atoms with Crippen LogP contribution in [0.2, 0.25) is 0 Å². The molecule has 0 heterocycles. The molecule has 0 aromatic carbocycles. The lowest BCUT2D eigenvalue weighted by atomic mass is 10.0. The summed E-state index contributed by atoms with van der Waals surface area (Å²) in [5.41, 5.74) is -0.400. The first kappa shape index (κ1) is 16.7. The molecule has 1 aliphatic rings. The lowest BCUT2D eigenvalue weighted by Crippen LogP contribution is -2.32. The summed E-state index contributed by atoms with van der Waals surface area (Å²) in [5, 5.41) is 3.77. The van der Waals surface area contributed by atoms with Crippen molar-refractivity contribution in [3.8, 4) is 0 Å². The van der Waals surface area contributed by atoms with Gasteiger partial charge in [0.15, 0.2) is 0 Å². The molecule has 3 nitrogen and oxygen atoms in total. The Morgan fingerprint density at radius 3 is 2.47 bits per heavy atom. The molecule has 0 saturated heterocycles. The number of ether oxygens (including phenoxy) is 1. The van der Waals surface area contributed by atoms with Gasteiger partial charge in [-0.15, -0.1) is 0 Å². The molecule has 4 heteroatoms. The van der Waals surface area contributed by atoms with Gasteiger partial charge in [0.1, 0.15) is 5.60 Å². The third-order valence-corrected chi connectivity index (χ3v) is 4.61. The molecule has 1 rings (SSSR count). The minimum Gasteiger partial charge on any atom is -0.444 e. The molecule has 112 valence electrons. The number of carbonyl (C=O) groups is 1. The van der Waals surface area contributed by atoms with E-state index in [2.05, 4.69) is 17.1 Å². The first-order valence-electron chi connectivity index (χ1n) is 7.56. The standard InChI is InChI=1S/C15H29NO2S/c1-15(2,3)18-14(17)16-11-6-4-5-7-12-19-13-9-8-10-13/h13H,4-12H2,1-3H3,(H,16,17). The third-order valence-electron chi connectivity index (χ3n) is 3.15. The fourth-order valence-electron chi connectivity index (χ4n) is 1.87. The highest BCUT2D eigenvalue weighted by Crippen LogP contribution is 2.31. The predicted octanol–water partition coefficient (Wildman–Crippen LogP) is 4.36. The number of unbranched alkanes of at least 4 members (excludes halogenated alkanes) is 3. The van der Waals surface area contributed by atoms with Crippen LogP contribution in [0.15, 0.2) is 0 Å². The maximum atomic E-state index is 11.4. The molecule has 0 radical (unpaired) electrons. The zero-order valence-corrected chi connectivity index (χ0v) is 13.5. The van der Waals surface area contributed by atoms with E-state index in [9.17, 15) is 4.79 Å². The summed E-state index contributed by atoms with van der Waals surface area (Å²) in [7, 11) is 0. The number of nitrogens with one attached hydrogen (secondary N) is 1. The molecular formula is C15H29NO2S. The second-order valence-corrected chi connectivity index (χ2v) is 7.67. The van der Waals surface area contributed by atoms with E-state index in [1.54, 1.807) is 0 Å². The van der Waals surface area contributed by atoms with Crippen LogP contribution < -0.4 is 5.32 Å².